The number of carbonyl (C=O) groups is 1. The Balaban J connectivity index is 2.46. The monoisotopic (exact) mass is 284 g/mol. The molecule has 2 rings (SSSR count). The minimum Gasteiger partial charge on any atom is -0.478 e. The van der Waals surface area contributed by atoms with Crippen LogP contribution < -0.4 is 5.73 Å². The van der Waals surface area contributed by atoms with Gasteiger partial charge in [-0.2, -0.15) is 0 Å². The van der Waals surface area contributed by atoms with Gasteiger partial charge in [0.15, 0.2) is 0 Å². The molecule has 0 amide bonds. The molecular weight excluding hydrogens is 276 g/mol. The van der Waals surface area contributed by atoms with E-state index in [1.807, 2.05) is 0 Å². The molecule has 0 saturated carbocycles. The van der Waals surface area contributed by atoms with Crippen molar-refractivity contribution in [3.05, 3.63) is 34.7 Å². The normalized spacial score (nSPS) is 10.6. The van der Waals surface area contributed by atoms with Crippen molar-refractivity contribution in [2.75, 3.05) is 5.73 Å². The van der Waals surface area contributed by atoms with Crippen LogP contribution in [0.4, 0.5) is 5.69 Å². The van der Waals surface area contributed by atoms with Crippen LogP contribution in [-0.4, -0.2) is 16.1 Å². The zero-order valence-electron chi connectivity index (χ0n) is 9.31. The first kappa shape index (κ1) is 12.8. The molecule has 5 nitrogen and oxygen atoms in total. The predicted octanol–water partition coefficient (Wildman–Crippen LogP) is 3.07. The number of oxazole rings is 1. The molecule has 7 heteroatoms. The van der Waals surface area contributed by atoms with Gasteiger partial charge in [-0.25, -0.2) is 9.78 Å². The van der Waals surface area contributed by atoms with Gasteiger partial charge < -0.3 is 15.3 Å². The molecule has 0 radical (unpaired) electrons. The lowest BCUT2D eigenvalue weighted by atomic mass is 10.2. The highest BCUT2D eigenvalue weighted by molar-refractivity contribution is 7.99. The Kier molecular flexibility index (Phi) is 3.49. The molecule has 0 spiro atoms. The maximum atomic E-state index is 11.1. The summed E-state index contributed by atoms with van der Waals surface area (Å²) in [5.41, 5.74) is 6.60. The fourth-order valence-electron chi connectivity index (χ4n) is 1.34. The fraction of sp³-hybridized carbons (Fsp3) is 0.0909. The molecule has 0 fully saturated rings. The molecule has 1 heterocycles. The van der Waals surface area contributed by atoms with Gasteiger partial charge in [0.2, 0.25) is 0 Å². The Labute approximate surface area is 112 Å². The summed E-state index contributed by atoms with van der Waals surface area (Å²) in [5.74, 6) is -1.10. The fourth-order valence-corrected chi connectivity index (χ4v) is 2.56. The number of nitrogens with two attached hydrogens (primary N) is 1. The highest BCUT2D eigenvalue weighted by atomic mass is 35.5. The Hall–Kier alpha value is -1.66. The number of rotatable bonds is 3. The first-order valence-corrected chi connectivity index (χ1v) is 6.09. The first-order valence-electron chi connectivity index (χ1n) is 4.89. The number of anilines is 1. The van der Waals surface area contributed by atoms with Gasteiger partial charge in [-0.15, -0.1) is 0 Å². The summed E-state index contributed by atoms with van der Waals surface area (Å²) in [5, 5.41) is 9.71. The van der Waals surface area contributed by atoms with Crippen LogP contribution in [0.25, 0.3) is 0 Å². The van der Waals surface area contributed by atoms with Crippen LogP contribution in [0.2, 0.25) is 5.02 Å². The SMILES string of the molecule is Cc1coc(Sc2c(Cl)cc(N)cc2C(=O)O)n1. The largest absolute Gasteiger partial charge is 0.478 e. The third-order valence-electron chi connectivity index (χ3n) is 2.08. The average molecular weight is 285 g/mol. The summed E-state index contributed by atoms with van der Waals surface area (Å²) in [4.78, 5) is 15.6. The van der Waals surface area contributed by atoms with E-state index in [1.165, 1.54) is 18.4 Å². The lowest BCUT2D eigenvalue weighted by Gasteiger charge is -2.07. The molecule has 0 aliphatic rings. The molecule has 18 heavy (non-hydrogen) atoms. The minimum absolute atomic E-state index is 0.0286. The summed E-state index contributed by atoms with van der Waals surface area (Å²) < 4.78 is 5.16. The highest BCUT2D eigenvalue weighted by Gasteiger charge is 2.18. The molecule has 0 atom stereocenters. The zero-order chi connectivity index (χ0) is 13.3. The summed E-state index contributed by atoms with van der Waals surface area (Å²) in [7, 11) is 0. The number of carboxylic acid groups (broad SMARTS) is 1. The van der Waals surface area contributed by atoms with Crippen molar-refractivity contribution < 1.29 is 14.3 Å². The number of aryl methyl sites for hydroxylation is 1. The molecule has 0 aliphatic heterocycles. The van der Waals surface area contributed by atoms with E-state index >= 15 is 0 Å². The standard InChI is InChI=1S/C11H9ClN2O3S/c1-5-4-17-11(14-5)18-9-7(10(15)16)2-6(13)3-8(9)12/h2-4H,13H2,1H3,(H,15,16). The topological polar surface area (TPSA) is 89.3 Å². The van der Waals surface area contributed by atoms with Gasteiger partial charge in [0, 0.05) is 5.69 Å². The van der Waals surface area contributed by atoms with Crippen molar-refractivity contribution >= 4 is 35.0 Å². The second-order valence-electron chi connectivity index (χ2n) is 3.54. The number of halogens is 1. The van der Waals surface area contributed by atoms with E-state index in [4.69, 9.17) is 26.9 Å². The molecule has 0 saturated heterocycles. The second-order valence-corrected chi connectivity index (χ2v) is 4.91. The second kappa shape index (κ2) is 4.91. The lowest BCUT2D eigenvalue weighted by Crippen LogP contribution is -2.01. The van der Waals surface area contributed by atoms with Crippen molar-refractivity contribution in [1.29, 1.82) is 0 Å². The molecule has 0 unspecified atom stereocenters. The number of benzene rings is 1. The van der Waals surface area contributed by atoms with E-state index in [-0.39, 0.29) is 10.6 Å². The molecule has 1 aromatic carbocycles. The van der Waals surface area contributed by atoms with Crippen molar-refractivity contribution in [3.63, 3.8) is 0 Å². The zero-order valence-corrected chi connectivity index (χ0v) is 10.9. The maximum Gasteiger partial charge on any atom is 0.336 e. The highest BCUT2D eigenvalue weighted by Crippen LogP contribution is 2.37. The maximum absolute atomic E-state index is 11.1. The number of carboxylic acids is 1. The van der Waals surface area contributed by atoms with E-state index in [9.17, 15) is 4.79 Å². The van der Waals surface area contributed by atoms with Crippen LogP contribution in [0.3, 0.4) is 0 Å². The molecule has 1 aromatic heterocycles. The van der Waals surface area contributed by atoms with Gasteiger partial charge in [-0.05, 0) is 30.8 Å². The van der Waals surface area contributed by atoms with E-state index < -0.39 is 5.97 Å². The van der Waals surface area contributed by atoms with Gasteiger partial charge in [0.25, 0.3) is 5.22 Å². The number of hydrogen-bond acceptors (Lipinski definition) is 5. The van der Waals surface area contributed by atoms with Gasteiger partial charge in [-0.1, -0.05) is 11.6 Å². The number of aromatic nitrogens is 1. The summed E-state index contributed by atoms with van der Waals surface area (Å²) in [6, 6.07) is 2.85. The molecular formula is C11H9ClN2O3S. The van der Waals surface area contributed by atoms with Crippen LogP contribution in [0.1, 0.15) is 16.1 Å². The molecule has 0 aliphatic carbocycles. The number of hydrogen-bond donors (Lipinski definition) is 2. The molecule has 3 N–H and O–H groups in total. The van der Waals surface area contributed by atoms with E-state index in [1.54, 1.807) is 6.92 Å². The first-order chi connectivity index (χ1) is 8.47. The Morgan fingerprint density at radius 2 is 2.28 bits per heavy atom. The van der Waals surface area contributed by atoms with Crippen LogP contribution in [0.5, 0.6) is 0 Å². The van der Waals surface area contributed by atoms with Crippen LogP contribution in [-0.2, 0) is 0 Å². The van der Waals surface area contributed by atoms with Gasteiger partial charge in [0.1, 0.15) is 6.26 Å². The minimum atomic E-state index is -1.10. The van der Waals surface area contributed by atoms with Crippen LogP contribution >= 0.6 is 23.4 Å². The smallest absolute Gasteiger partial charge is 0.336 e. The van der Waals surface area contributed by atoms with Crippen LogP contribution in [0, 0.1) is 6.92 Å². The quantitative estimate of drug-likeness (QED) is 0.842. The summed E-state index contributed by atoms with van der Waals surface area (Å²) in [6.45, 7) is 1.77. The van der Waals surface area contributed by atoms with E-state index in [2.05, 4.69) is 4.98 Å². The number of nitrogens with zero attached hydrogens (tertiary/aromatic N) is 1. The number of nitrogen functional groups attached to an aromatic ring is 1. The molecule has 2 aromatic rings. The molecule has 94 valence electrons. The summed E-state index contributed by atoms with van der Waals surface area (Å²) >= 11 is 7.05. The van der Waals surface area contributed by atoms with Crippen molar-refractivity contribution in [3.8, 4) is 0 Å². The predicted molar refractivity (Wildman–Crippen MR) is 68.2 cm³/mol. The Bertz CT molecular complexity index is 612. The average Bonchev–Trinajstić information content (AvgIpc) is 2.67. The van der Waals surface area contributed by atoms with E-state index in [0.29, 0.717) is 21.5 Å². The van der Waals surface area contributed by atoms with Crippen molar-refractivity contribution in [2.24, 2.45) is 0 Å². The Morgan fingerprint density at radius 3 is 2.83 bits per heavy atom. The lowest BCUT2D eigenvalue weighted by molar-refractivity contribution is 0.0693. The van der Waals surface area contributed by atoms with Crippen LogP contribution in [0.15, 0.2) is 32.9 Å². The molecule has 0 bridgehead atoms. The van der Waals surface area contributed by atoms with Crippen molar-refractivity contribution in [2.45, 2.75) is 17.0 Å². The van der Waals surface area contributed by atoms with Gasteiger partial charge in [0.05, 0.1) is 21.2 Å². The van der Waals surface area contributed by atoms with Gasteiger partial charge >= 0.3 is 5.97 Å². The third kappa shape index (κ3) is 2.60. The third-order valence-corrected chi connectivity index (χ3v) is 3.50. The van der Waals surface area contributed by atoms with Gasteiger partial charge in [-0.3, -0.25) is 0 Å². The Morgan fingerprint density at radius 1 is 1.56 bits per heavy atom. The number of aromatic carboxylic acids is 1. The summed E-state index contributed by atoms with van der Waals surface area (Å²) in [6.07, 6.45) is 1.48. The van der Waals surface area contributed by atoms with Crippen molar-refractivity contribution in [1.82, 2.24) is 4.98 Å². The van der Waals surface area contributed by atoms with E-state index in [0.717, 1.165) is 11.8 Å².